The van der Waals surface area contributed by atoms with Crippen LogP contribution in [0.5, 0.6) is 0 Å². The monoisotopic (exact) mass is 278 g/mol. The van der Waals surface area contributed by atoms with E-state index in [1.807, 2.05) is 0 Å². The Kier molecular flexibility index (Phi) is 4.79. The number of nitrogens with two attached hydrogens (primary N) is 2. The lowest BCUT2D eigenvalue weighted by molar-refractivity contribution is -0.383. The third-order valence-electron chi connectivity index (χ3n) is 4.05. The van der Waals surface area contributed by atoms with Crippen molar-refractivity contribution >= 4 is 17.1 Å². The number of nitrogen functional groups attached to an aromatic ring is 1. The van der Waals surface area contributed by atoms with Crippen LogP contribution in [0.25, 0.3) is 0 Å². The Bertz CT molecular complexity index is 472. The maximum absolute atomic E-state index is 10.7. The van der Waals surface area contributed by atoms with Crippen molar-refractivity contribution < 1.29 is 4.92 Å². The molecular formula is C14H22N4O2. The molecule has 1 atom stereocenters. The Morgan fingerprint density at radius 1 is 1.35 bits per heavy atom. The highest BCUT2D eigenvalue weighted by atomic mass is 16.6. The Labute approximate surface area is 118 Å². The van der Waals surface area contributed by atoms with Crippen molar-refractivity contribution in [1.29, 1.82) is 0 Å². The van der Waals surface area contributed by atoms with Crippen LogP contribution in [0.2, 0.25) is 0 Å². The fourth-order valence-corrected chi connectivity index (χ4v) is 2.93. The van der Waals surface area contributed by atoms with Gasteiger partial charge in [-0.15, -0.1) is 0 Å². The van der Waals surface area contributed by atoms with E-state index in [0.717, 1.165) is 5.69 Å². The molecule has 0 saturated heterocycles. The summed E-state index contributed by atoms with van der Waals surface area (Å²) in [5, 5.41) is 14.1. The minimum Gasteiger partial charge on any atom is -0.393 e. The predicted molar refractivity (Wildman–Crippen MR) is 80.5 cm³/mol. The van der Waals surface area contributed by atoms with E-state index < -0.39 is 4.92 Å². The van der Waals surface area contributed by atoms with E-state index in [9.17, 15) is 10.1 Å². The molecule has 1 aromatic carbocycles. The third-order valence-corrected chi connectivity index (χ3v) is 4.05. The van der Waals surface area contributed by atoms with Crippen LogP contribution < -0.4 is 16.8 Å². The molecule has 1 aliphatic carbocycles. The summed E-state index contributed by atoms with van der Waals surface area (Å²) in [6, 6.07) is 4.95. The van der Waals surface area contributed by atoms with Crippen molar-refractivity contribution in [2.24, 2.45) is 11.7 Å². The Balaban J connectivity index is 2.07. The summed E-state index contributed by atoms with van der Waals surface area (Å²) < 4.78 is 0. The van der Waals surface area contributed by atoms with Crippen LogP contribution in [0.15, 0.2) is 18.2 Å². The Morgan fingerprint density at radius 3 is 2.60 bits per heavy atom. The van der Waals surface area contributed by atoms with Crippen LogP contribution in [0.3, 0.4) is 0 Å². The number of hydrogen-bond donors (Lipinski definition) is 3. The molecule has 0 aromatic heterocycles. The lowest BCUT2D eigenvalue weighted by Crippen LogP contribution is -2.37. The average molecular weight is 278 g/mol. The summed E-state index contributed by atoms with van der Waals surface area (Å²) in [6.07, 6.45) is 6.20. The number of hydrogen-bond acceptors (Lipinski definition) is 5. The molecule has 0 aliphatic heterocycles. The molecule has 1 saturated carbocycles. The molecule has 110 valence electrons. The first-order chi connectivity index (χ1) is 9.61. The van der Waals surface area contributed by atoms with Crippen molar-refractivity contribution in [1.82, 2.24) is 0 Å². The zero-order valence-electron chi connectivity index (χ0n) is 11.5. The molecule has 2 rings (SSSR count). The highest BCUT2D eigenvalue weighted by Crippen LogP contribution is 2.30. The molecule has 0 spiro atoms. The van der Waals surface area contributed by atoms with E-state index >= 15 is 0 Å². The molecule has 0 heterocycles. The topological polar surface area (TPSA) is 107 Å². The van der Waals surface area contributed by atoms with Crippen LogP contribution in [0.1, 0.15) is 32.1 Å². The van der Waals surface area contributed by atoms with Gasteiger partial charge in [0, 0.05) is 24.3 Å². The van der Waals surface area contributed by atoms with Gasteiger partial charge < -0.3 is 16.8 Å². The van der Waals surface area contributed by atoms with Crippen molar-refractivity contribution in [3.05, 3.63) is 28.3 Å². The van der Waals surface area contributed by atoms with Gasteiger partial charge in [-0.05, 0) is 30.9 Å². The number of benzene rings is 1. The van der Waals surface area contributed by atoms with E-state index in [4.69, 9.17) is 11.5 Å². The van der Waals surface area contributed by atoms with Gasteiger partial charge in [0.25, 0.3) is 5.69 Å². The highest BCUT2D eigenvalue weighted by Gasteiger charge is 2.23. The minimum absolute atomic E-state index is 0.0579. The number of nitro groups is 1. The van der Waals surface area contributed by atoms with Gasteiger partial charge in [0.1, 0.15) is 5.69 Å². The number of nitro benzene ring substituents is 1. The minimum atomic E-state index is -0.472. The van der Waals surface area contributed by atoms with Gasteiger partial charge in [-0.2, -0.15) is 0 Å². The first-order valence-corrected chi connectivity index (χ1v) is 7.12. The standard InChI is InChI=1S/C14H22N4O2/c15-9-13(10-4-2-1-3-5-10)17-11-6-7-14(18(19)20)12(16)8-11/h6-8,10,13,17H,1-5,9,15-16H2. The molecule has 0 radical (unpaired) electrons. The number of nitrogens with zero attached hydrogens (tertiary/aromatic N) is 1. The van der Waals surface area contributed by atoms with Crippen LogP contribution >= 0.6 is 0 Å². The van der Waals surface area contributed by atoms with Crippen LogP contribution in [0.4, 0.5) is 17.1 Å². The molecule has 1 fully saturated rings. The second-order valence-electron chi connectivity index (χ2n) is 5.42. The number of rotatable bonds is 5. The second-order valence-corrected chi connectivity index (χ2v) is 5.42. The summed E-state index contributed by atoms with van der Waals surface area (Å²) in [7, 11) is 0. The lowest BCUT2D eigenvalue weighted by Gasteiger charge is -2.30. The van der Waals surface area contributed by atoms with E-state index in [0.29, 0.717) is 12.5 Å². The zero-order chi connectivity index (χ0) is 14.5. The molecule has 0 bridgehead atoms. The molecular weight excluding hydrogens is 256 g/mol. The fourth-order valence-electron chi connectivity index (χ4n) is 2.93. The molecule has 1 aromatic rings. The normalized spacial score (nSPS) is 17.6. The first-order valence-electron chi connectivity index (χ1n) is 7.12. The van der Waals surface area contributed by atoms with Crippen molar-refractivity contribution in [3.63, 3.8) is 0 Å². The molecule has 6 nitrogen and oxygen atoms in total. The first kappa shape index (κ1) is 14.6. The third kappa shape index (κ3) is 3.39. The van der Waals surface area contributed by atoms with Crippen molar-refractivity contribution in [2.75, 3.05) is 17.6 Å². The maximum Gasteiger partial charge on any atom is 0.292 e. The smallest absolute Gasteiger partial charge is 0.292 e. The quantitative estimate of drug-likeness (QED) is 0.436. The van der Waals surface area contributed by atoms with Gasteiger partial charge >= 0.3 is 0 Å². The summed E-state index contributed by atoms with van der Waals surface area (Å²) >= 11 is 0. The van der Waals surface area contributed by atoms with E-state index in [1.54, 1.807) is 12.1 Å². The van der Waals surface area contributed by atoms with Gasteiger partial charge in [0.05, 0.1) is 4.92 Å². The molecule has 20 heavy (non-hydrogen) atoms. The van der Waals surface area contributed by atoms with Crippen LogP contribution in [-0.2, 0) is 0 Å². The zero-order valence-corrected chi connectivity index (χ0v) is 11.5. The summed E-state index contributed by atoms with van der Waals surface area (Å²) in [4.78, 5) is 10.3. The molecule has 1 unspecified atom stereocenters. The van der Waals surface area contributed by atoms with Crippen LogP contribution in [0, 0.1) is 16.0 Å². The summed E-state index contributed by atoms with van der Waals surface area (Å²) in [5.41, 5.74) is 12.5. The van der Waals surface area contributed by atoms with Crippen molar-refractivity contribution in [3.8, 4) is 0 Å². The Morgan fingerprint density at radius 2 is 2.05 bits per heavy atom. The molecule has 6 heteroatoms. The van der Waals surface area contributed by atoms with Gasteiger partial charge in [-0.25, -0.2) is 0 Å². The van der Waals surface area contributed by atoms with Crippen LogP contribution in [-0.4, -0.2) is 17.5 Å². The molecule has 1 aliphatic rings. The average Bonchev–Trinajstić information content (AvgIpc) is 2.45. The summed E-state index contributed by atoms with van der Waals surface area (Å²) in [5.74, 6) is 0.574. The van der Waals surface area contributed by atoms with Gasteiger partial charge in [-0.3, -0.25) is 10.1 Å². The lowest BCUT2D eigenvalue weighted by atomic mass is 9.84. The highest BCUT2D eigenvalue weighted by molar-refractivity contribution is 5.66. The van der Waals surface area contributed by atoms with Gasteiger partial charge in [0.15, 0.2) is 0 Å². The van der Waals surface area contributed by atoms with Crippen molar-refractivity contribution in [2.45, 2.75) is 38.1 Å². The summed E-state index contributed by atoms with van der Waals surface area (Å²) in [6.45, 7) is 0.557. The largest absolute Gasteiger partial charge is 0.393 e. The fraction of sp³-hybridized carbons (Fsp3) is 0.571. The van der Waals surface area contributed by atoms with Gasteiger partial charge in [0.2, 0.25) is 0 Å². The predicted octanol–water partition coefficient (Wildman–Crippen LogP) is 2.50. The number of anilines is 2. The van der Waals surface area contributed by atoms with E-state index in [1.165, 1.54) is 38.2 Å². The van der Waals surface area contributed by atoms with E-state index in [-0.39, 0.29) is 17.4 Å². The second kappa shape index (κ2) is 6.56. The Hall–Kier alpha value is -1.82. The van der Waals surface area contributed by atoms with E-state index in [2.05, 4.69) is 5.32 Å². The molecule has 0 amide bonds. The van der Waals surface area contributed by atoms with Gasteiger partial charge in [-0.1, -0.05) is 19.3 Å². The SMILES string of the molecule is NCC(Nc1ccc([N+](=O)[O-])c(N)c1)C1CCCCC1. The number of nitrogens with one attached hydrogen (secondary N) is 1. The molecule has 5 N–H and O–H groups in total. The maximum atomic E-state index is 10.7.